The lowest BCUT2D eigenvalue weighted by atomic mass is 10.1. The Morgan fingerprint density at radius 3 is 3.12 bits per heavy atom. The van der Waals surface area contributed by atoms with Gasteiger partial charge in [-0.15, -0.1) is 0 Å². The standard InChI is InChI=1S/C13H15FN2O/c1-9(7-15)16(2)8-12-6-10-5-11(14)3-4-13(10)17-12/h3-5,9,12H,6,8H2,1-2H3. The Kier molecular flexibility index (Phi) is 3.30. The van der Waals surface area contributed by atoms with E-state index in [2.05, 4.69) is 6.07 Å². The second-order valence-corrected chi connectivity index (χ2v) is 4.44. The molecule has 1 heterocycles. The Morgan fingerprint density at radius 2 is 2.41 bits per heavy atom. The summed E-state index contributed by atoms with van der Waals surface area (Å²) in [4.78, 5) is 1.94. The fraction of sp³-hybridized carbons (Fsp3) is 0.462. The summed E-state index contributed by atoms with van der Waals surface area (Å²) < 4.78 is 18.7. The first kappa shape index (κ1) is 11.9. The van der Waals surface area contributed by atoms with Gasteiger partial charge in [0.2, 0.25) is 0 Å². The van der Waals surface area contributed by atoms with Gasteiger partial charge in [0.1, 0.15) is 17.7 Å². The predicted molar refractivity (Wildman–Crippen MR) is 62.2 cm³/mol. The number of fused-ring (bicyclic) bond motifs is 1. The molecule has 0 amide bonds. The summed E-state index contributed by atoms with van der Waals surface area (Å²) in [5.41, 5.74) is 0.910. The second-order valence-electron chi connectivity index (χ2n) is 4.44. The molecular formula is C13H15FN2O. The van der Waals surface area contributed by atoms with Gasteiger partial charge in [0, 0.05) is 18.5 Å². The van der Waals surface area contributed by atoms with Crippen molar-refractivity contribution in [3.63, 3.8) is 0 Å². The lowest BCUT2D eigenvalue weighted by Gasteiger charge is -2.22. The molecule has 2 atom stereocenters. The highest BCUT2D eigenvalue weighted by Crippen LogP contribution is 2.29. The first-order valence-electron chi connectivity index (χ1n) is 5.65. The van der Waals surface area contributed by atoms with E-state index in [-0.39, 0.29) is 18.0 Å². The molecule has 17 heavy (non-hydrogen) atoms. The number of hydrogen-bond acceptors (Lipinski definition) is 3. The van der Waals surface area contributed by atoms with Gasteiger partial charge >= 0.3 is 0 Å². The molecule has 2 rings (SSSR count). The van der Waals surface area contributed by atoms with Crippen LogP contribution in [0.3, 0.4) is 0 Å². The van der Waals surface area contributed by atoms with Crippen molar-refractivity contribution in [2.24, 2.45) is 0 Å². The molecule has 0 N–H and O–H groups in total. The predicted octanol–water partition coefficient (Wildman–Crippen LogP) is 1.97. The maximum Gasteiger partial charge on any atom is 0.123 e. The summed E-state index contributed by atoms with van der Waals surface area (Å²) in [7, 11) is 1.89. The summed E-state index contributed by atoms with van der Waals surface area (Å²) in [5, 5.41) is 8.81. The zero-order chi connectivity index (χ0) is 12.4. The number of rotatable bonds is 3. The highest BCUT2D eigenvalue weighted by Gasteiger charge is 2.25. The Hall–Kier alpha value is -1.60. The van der Waals surface area contributed by atoms with E-state index in [1.54, 1.807) is 6.07 Å². The summed E-state index contributed by atoms with van der Waals surface area (Å²) in [6, 6.07) is 6.63. The highest BCUT2D eigenvalue weighted by molar-refractivity contribution is 5.37. The van der Waals surface area contributed by atoms with E-state index in [0.717, 1.165) is 11.3 Å². The third kappa shape index (κ3) is 2.56. The Bertz CT molecular complexity index is 455. The minimum absolute atomic E-state index is 0.00704. The Labute approximate surface area is 100 Å². The van der Waals surface area contributed by atoms with Crippen molar-refractivity contribution >= 4 is 0 Å². The van der Waals surface area contributed by atoms with Crippen LogP contribution in [0.25, 0.3) is 0 Å². The first-order valence-corrected chi connectivity index (χ1v) is 5.65. The molecule has 2 unspecified atom stereocenters. The zero-order valence-electron chi connectivity index (χ0n) is 9.98. The number of nitrogens with zero attached hydrogens (tertiary/aromatic N) is 2. The molecule has 1 aromatic carbocycles. The molecule has 0 saturated heterocycles. The van der Waals surface area contributed by atoms with Crippen LogP contribution in [0.1, 0.15) is 12.5 Å². The van der Waals surface area contributed by atoms with E-state index in [0.29, 0.717) is 13.0 Å². The normalized spacial score (nSPS) is 19.6. The van der Waals surface area contributed by atoms with E-state index >= 15 is 0 Å². The highest BCUT2D eigenvalue weighted by atomic mass is 19.1. The van der Waals surface area contributed by atoms with Gasteiger partial charge in [-0.2, -0.15) is 5.26 Å². The van der Waals surface area contributed by atoms with E-state index in [4.69, 9.17) is 10.00 Å². The third-order valence-electron chi connectivity index (χ3n) is 3.10. The van der Waals surface area contributed by atoms with Gasteiger partial charge in [0.25, 0.3) is 0 Å². The van der Waals surface area contributed by atoms with Crippen LogP contribution in [-0.2, 0) is 6.42 Å². The largest absolute Gasteiger partial charge is 0.488 e. The molecule has 0 saturated carbocycles. The van der Waals surface area contributed by atoms with E-state index in [1.165, 1.54) is 12.1 Å². The minimum atomic E-state index is -0.230. The van der Waals surface area contributed by atoms with Crippen molar-refractivity contribution in [1.29, 1.82) is 5.26 Å². The second kappa shape index (κ2) is 4.72. The maximum atomic E-state index is 13.0. The molecule has 4 heteroatoms. The van der Waals surface area contributed by atoms with Crippen molar-refractivity contribution in [2.45, 2.75) is 25.5 Å². The molecule has 3 nitrogen and oxygen atoms in total. The van der Waals surface area contributed by atoms with Crippen LogP contribution in [0.15, 0.2) is 18.2 Å². The molecule has 90 valence electrons. The molecule has 0 aromatic heterocycles. The molecule has 1 aromatic rings. The monoisotopic (exact) mass is 234 g/mol. The Balaban J connectivity index is 1.99. The van der Waals surface area contributed by atoms with Crippen LogP contribution in [0.4, 0.5) is 4.39 Å². The fourth-order valence-corrected chi connectivity index (χ4v) is 1.97. The quantitative estimate of drug-likeness (QED) is 0.802. The summed E-state index contributed by atoms with van der Waals surface area (Å²) in [6.45, 7) is 2.52. The van der Waals surface area contributed by atoms with Crippen molar-refractivity contribution in [3.05, 3.63) is 29.6 Å². The summed E-state index contributed by atoms with van der Waals surface area (Å²) in [6.07, 6.45) is 0.711. The van der Waals surface area contributed by atoms with Crippen LogP contribution < -0.4 is 4.74 Å². The van der Waals surface area contributed by atoms with Crippen molar-refractivity contribution < 1.29 is 9.13 Å². The summed E-state index contributed by atoms with van der Waals surface area (Å²) >= 11 is 0. The molecule has 1 aliphatic heterocycles. The SMILES string of the molecule is CC(C#N)N(C)CC1Cc2cc(F)ccc2O1. The van der Waals surface area contributed by atoms with E-state index in [1.807, 2.05) is 18.9 Å². The summed E-state index contributed by atoms with van der Waals surface area (Å²) in [5.74, 6) is 0.529. The van der Waals surface area contributed by atoms with Crippen LogP contribution in [0.5, 0.6) is 5.75 Å². The average molecular weight is 234 g/mol. The van der Waals surface area contributed by atoms with Crippen LogP contribution in [0, 0.1) is 17.1 Å². The fourth-order valence-electron chi connectivity index (χ4n) is 1.97. The van der Waals surface area contributed by atoms with Gasteiger partial charge < -0.3 is 4.74 Å². The molecule has 0 radical (unpaired) electrons. The molecule has 0 aliphatic carbocycles. The number of nitriles is 1. The number of ether oxygens (including phenoxy) is 1. The maximum absolute atomic E-state index is 13.0. The smallest absolute Gasteiger partial charge is 0.123 e. The number of hydrogen-bond donors (Lipinski definition) is 0. The van der Waals surface area contributed by atoms with Crippen LogP contribution in [-0.4, -0.2) is 30.6 Å². The minimum Gasteiger partial charge on any atom is -0.488 e. The number of benzene rings is 1. The lowest BCUT2D eigenvalue weighted by molar-refractivity contribution is 0.158. The first-order chi connectivity index (χ1) is 8.10. The molecular weight excluding hydrogens is 219 g/mol. The van der Waals surface area contributed by atoms with Gasteiger partial charge in [0.15, 0.2) is 0 Å². The molecule has 0 bridgehead atoms. The molecule has 1 aliphatic rings. The van der Waals surface area contributed by atoms with Gasteiger partial charge in [-0.1, -0.05) is 0 Å². The Morgan fingerprint density at radius 1 is 1.65 bits per heavy atom. The third-order valence-corrected chi connectivity index (χ3v) is 3.10. The lowest BCUT2D eigenvalue weighted by Crippen LogP contribution is -2.37. The average Bonchev–Trinajstić information content (AvgIpc) is 2.69. The zero-order valence-corrected chi connectivity index (χ0v) is 9.98. The van der Waals surface area contributed by atoms with Crippen LogP contribution in [0.2, 0.25) is 0 Å². The van der Waals surface area contributed by atoms with E-state index < -0.39 is 0 Å². The number of halogens is 1. The molecule has 0 spiro atoms. The topological polar surface area (TPSA) is 36.3 Å². The van der Waals surface area contributed by atoms with E-state index in [9.17, 15) is 4.39 Å². The van der Waals surface area contributed by atoms with Gasteiger partial charge in [-0.25, -0.2) is 4.39 Å². The molecule has 0 fully saturated rings. The van der Waals surface area contributed by atoms with Gasteiger partial charge in [-0.3, -0.25) is 4.90 Å². The van der Waals surface area contributed by atoms with Crippen molar-refractivity contribution in [3.8, 4) is 11.8 Å². The van der Waals surface area contributed by atoms with Gasteiger partial charge in [0.05, 0.1) is 12.1 Å². The van der Waals surface area contributed by atoms with Gasteiger partial charge in [-0.05, 0) is 32.2 Å². The van der Waals surface area contributed by atoms with Crippen LogP contribution >= 0.6 is 0 Å². The van der Waals surface area contributed by atoms with Crippen molar-refractivity contribution in [2.75, 3.05) is 13.6 Å². The number of likely N-dealkylation sites (N-methyl/N-ethyl adjacent to an activating group) is 1. The van der Waals surface area contributed by atoms with Crippen molar-refractivity contribution in [1.82, 2.24) is 4.90 Å².